The second kappa shape index (κ2) is 8.69. The van der Waals surface area contributed by atoms with Gasteiger partial charge in [0.05, 0.1) is 10.7 Å². The van der Waals surface area contributed by atoms with Crippen LogP contribution in [-0.4, -0.2) is 64.1 Å². The lowest BCUT2D eigenvalue weighted by Gasteiger charge is -2.35. The van der Waals surface area contributed by atoms with Crippen LogP contribution in [0.5, 0.6) is 0 Å². The third kappa shape index (κ3) is 4.46. The lowest BCUT2D eigenvalue weighted by molar-refractivity contribution is -0.384. The number of aromatic nitrogens is 2. The second-order valence-corrected chi connectivity index (χ2v) is 8.69. The number of benzene rings is 1. The van der Waals surface area contributed by atoms with Gasteiger partial charge >= 0.3 is 0 Å². The molecule has 1 aliphatic rings. The van der Waals surface area contributed by atoms with Crippen LogP contribution in [0.1, 0.15) is 0 Å². The van der Waals surface area contributed by atoms with Crippen LogP contribution in [0.25, 0.3) is 0 Å². The molecule has 138 valence electrons. The number of nitrogens with zero attached hydrogens (tertiary/aromatic N) is 5. The van der Waals surface area contributed by atoms with Gasteiger partial charge in [-0.25, -0.2) is 0 Å². The van der Waals surface area contributed by atoms with Crippen LogP contribution in [0.15, 0.2) is 32.9 Å². The number of para-hydroxylation sites is 2. The number of amides is 1. The van der Waals surface area contributed by atoms with Gasteiger partial charge in [0.25, 0.3) is 5.69 Å². The number of anilines is 1. The van der Waals surface area contributed by atoms with Gasteiger partial charge in [0.2, 0.25) is 5.91 Å². The van der Waals surface area contributed by atoms with Crippen molar-refractivity contribution in [2.24, 2.45) is 0 Å². The first kappa shape index (κ1) is 18.9. The summed E-state index contributed by atoms with van der Waals surface area (Å²) in [6.45, 7) is 2.27. The monoisotopic (exact) mass is 411 g/mol. The summed E-state index contributed by atoms with van der Waals surface area (Å²) < 4.78 is 1.68. The summed E-state index contributed by atoms with van der Waals surface area (Å²) in [6.07, 6.45) is 1.94. The largest absolute Gasteiger partial charge is 0.362 e. The van der Waals surface area contributed by atoms with E-state index in [1.165, 1.54) is 40.9 Å². The van der Waals surface area contributed by atoms with Gasteiger partial charge in [-0.3, -0.25) is 14.9 Å². The lowest BCUT2D eigenvalue weighted by atomic mass is 10.2. The predicted molar refractivity (Wildman–Crippen MR) is 104 cm³/mol. The molecule has 8 nitrogen and oxygen atoms in total. The molecule has 0 spiro atoms. The summed E-state index contributed by atoms with van der Waals surface area (Å²) in [5.41, 5.74) is 0.709. The quantitative estimate of drug-likeness (QED) is 0.407. The Morgan fingerprint density at radius 2 is 1.92 bits per heavy atom. The number of nitro benzene ring substituents is 1. The summed E-state index contributed by atoms with van der Waals surface area (Å²) in [4.78, 5) is 27.0. The van der Waals surface area contributed by atoms with E-state index in [0.29, 0.717) is 37.6 Å². The Bertz CT molecular complexity index is 792. The Morgan fingerprint density at radius 1 is 1.23 bits per heavy atom. The number of hydrogen-bond acceptors (Lipinski definition) is 9. The van der Waals surface area contributed by atoms with Crippen molar-refractivity contribution in [3.63, 3.8) is 0 Å². The van der Waals surface area contributed by atoms with Crippen molar-refractivity contribution in [1.82, 2.24) is 15.1 Å². The molecule has 1 aromatic heterocycles. The summed E-state index contributed by atoms with van der Waals surface area (Å²) in [7, 11) is 0. The molecule has 11 heteroatoms. The molecule has 1 amide bonds. The van der Waals surface area contributed by atoms with Crippen molar-refractivity contribution in [2.45, 2.75) is 8.68 Å². The molecule has 0 N–H and O–H groups in total. The van der Waals surface area contributed by atoms with Crippen LogP contribution in [0.3, 0.4) is 0 Å². The van der Waals surface area contributed by atoms with Gasteiger partial charge in [-0.05, 0) is 12.3 Å². The first-order chi connectivity index (χ1) is 12.6. The number of carbonyl (C=O) groups excluding carboxylic acids is 1. The third-order valence-electron chi connectivity index (χ3n) is 3.93. The molecule has 2 aromatic rings. The third-order valence-corrected chi connectivity index (χ3v) is 6.95. The van der Waals surface area contributed by atoms with Gasteiger partial charge < -0.3 is 9.80 Å². The fourth-order valence-corrected chi connectivity index (χ4v) is 4.98. The number of thioether (sulfide) groups is 2. The molecule has 0 radical (unpaired) electrons. The van der Waals surface area contributed by atoms with E-state index in [2.05, 4.69) is 10.2 Å². The van der Waals surface area contributed by atoms with Gasteiger partial charge in [0.1, 0.15) is 5.69 Å². The highest BCUT2D eigenvalue weighted by Crippen LogP contribution is 2.29. The lowest BCUT2D eigenvalue weighted by Crippen LogP contribution is -2.49. The molecule has 0 unspecified atom stereocenters. The summed E-state index contributed by atoms with van der Waals surface area (Å²) in [6, 6.07) is 6.72. The Balaban J connectivity index is 1.53. The standard InChI is InChI=1S/C15H17N5O3S3/c1-24-14-16-17-15(26-14)25-10-13(21)19-8-6-18(7-9-19)11-4-2-3-5-12(11)20(22)23/h2-5H,6-10H2,1H3. The average molecular weight is 412 g/mol. The predicted octanol–water partition coefficient (Wildman–Crippen LogP) is 2.61. The van der Waals surface area contributed by atoms with Gasteiger partial charge in [-0.1, -0.05) is 47.0 Å². The van der Waals surface area contributed by atoms with Crippen LogP contribution in [0.4, 0.5) is 11.4 Å². The van der Waals surface area contributed by atoms with Crippen molar-refractivity contribution in [3.05, 3.63) is 34.4 Å². The van der Waals surface area contributed by atoms with Crippen LogP contribution in [0, 0.1) is 10.1 Å². The number of rotatable bonds is 6. The van der Waals surface area contributed by atoms with E-state index in [0.717, 1.165) is 8.68 Å². The van der Waals surface area contributed by atoms with Crippen molar-refractivity contribution in [3.8, 4) is 0 Å². The van der Waals surface area contributed by atoms with Gasteiger partial charge in [-0.2, -0.15) is 0 Å². The molecular formula is C15H17N5O3S3. The minimum atomic E-state index is -0.367. The van der Waals surface area contributed by atoms with E-state index in [1.54, 1.807) is 23.1 Å². The molecule has 0 bridgehead atoms. The molecule has 1 aliphatic heterocycles. The Kier molecular flexibility index (Phi) is 6.33. The maximum atomic E-state index is 12.4. The van der Waals surface area contributed by atoms with Crippen molar-refractivity contribution >= 4 is 52.1 Å². The first-order valence-corrected chi connectivity index (χ1v) is 10.9. The van der Waals surface area contributed by atoms with E-state index in [9.17, 15) is 14.9 Å². The summed E-state index contributed by atoms with van der Waals surface area (Å²) in [5, 5.41) is 19.2. The van der Waals surface area contributed by atoms with E-state index >= 15 is 0 Å². The van der Waals surface area contributed by atoms with E-state index in [4.69, 9.17) is 0 Å². The Hall–Kier alpha value is -1.85. The van der Waals surface area contributed by atoms with E-state index in [-0.39, 0.29) is 16.5 Å². The normalized spacial score (nSPS) is 14.5. The number of piperazine rings is 1. The summed E-state index contributed by atoms with van der Waals surface area (Å²) in [5.74, 6) is 0.382. The zero-order valence-electron chi connectivity index (χ0n) is 14.0. The van der Waals surface area contributed by atoms with E-state index in [1.807, 2.05) is 11.2 Å². The number of carbonyl (C=O) groups is 1. The summed E-state index contributed by atoms with van der Waals surface area (Å²) >= 11 is 4.42. The van der Waals surface area contributed by atoms with Crippen LogP contribution in [-0.2, 0) is 4.79 Å². The first-order valence-electron chi connectivity index (χ1n) is 7.85. The maximum absolute atomic E-state index is 12.4. The molecule has 1 saturated heterocycles. The minimum Gasteiger partial charge on any atom is -0.362 e. The van der Waals surface area contributed by atoms with Crippen LogP contribution < -0.4 is 4.90 Å². The fourth-order valence-electron chi connectivity index (χ4n) is 2.64. The molecule has 3 rings (SSSR count). The molecule has 1 fully saturated rings. The highest BCUT2D eigenvalue weighted by molar-refractivity contribution is 8.03. The fraction of sp³-hybridized carbons (Fsp3) is 0.400. The number of nitro groups is 1. The van der Waals surface area contributed by atoms with E-state index < -0.39 is 0 Å². The smallest absolute Gasteiger partial charge is 0.292 e. The number of hydrogen-bond donors (Lipinski definition) is 0. The van der Waals surface area contributed by atoms with Crippen molar-refractivity contribution < 1.29 is 9.72 Å². The molecule has 2 heterocycles. The second-order valence-electron chi connectivity index (χ2n) is 5.44. The molecule has 1 aromatic carbocycles. The van der Waals surface area contributed by atoms with Crippen LogP contribution in [0.2, 0.25) is 0 Å². The molecule has 0 atom stereocenters. The van der Waals surface area contributed by atoms with Crippen molar-refractivity contribution in [2.75, 3.05) is 43.1 Å². The van der Waals surface area contributed by atoms with Gasteiger partial charge in [-0.15, -0.1) is 10.2 Å². The highest BCUT2D eigenvalue weighted by Gasteiger charge is 2.25. The highest BCUT2D eigenvalue weighted by atomic mass is 32.2. The Labute approximate surface area is 163 Å². The maximum Gasteiger partial charge on any atom is 0.292 e. The molecule has 0 saturated carbocycles. The minimum absolute atomic E-state index is 0.0538. The average Bonchev–Trinajstić information content (AvgIpc) is 3.14. The van der Waals surface area contributed by atoms with Crippen molar-refractivity contribution in [1.29, 1.82) is 0 Å². The van der Waals surface area contributed by atoms with Gasteiger partial charge in [0.15, 0.2) is 8.68 Å². The van der Waals surface area contributed by atoms with Gasteiger partial charge in [0, 0.05) is 32.2 Å². The Morgan fingerprint density at radius 3 is 2.58 bits per heavy atom. The molecular weight excluding hydrogens is 394 g/mol. The zero-order chi connectivity index (χ0) is 18.5. The van der Waals surface area contributed by atoms with Crippen LogP contribution >= 0.6 is 34.9 Å². The topological polar surface area (TPSA) is 92.5 Å². The SMILES string of the molecule is CSc1nnc(SCC(=O)N2CCN(c3ccccc3[N+](=O)[O-])CC2)s1. The molecule has 26 heavy (non-hydrogen) atoms. The molecule has 0 aliphatic carbocycles. The zero-order valence-corrected chi connectivity index (χ0v) is 16.5.